The van der Waals surface area contributed by atoms with Gasteiger partial charge in [0.25, 0.3) is 0 Å². The van der Waals surface area contributed by atoms with Crippen molar-refractivity contribution in [1.29, 1.82) is 0 Å². The summed E-state index contributed by atoms with van der Waals surface area (Å²) in [5.74, 6) is 0.164. The summed E-state index contributed by atoms with van der Waals surface area (Å²) in [6, 6.07) is 5.76. The van der Waals surface area contributed by atoms with E-state index in [-0.39, 0.29) is 17.6 Å². The Labute approximate surface area is 144 Å². The minimum absolute atomic E-state index is 0.165. The summed E-state index contributed by atoms with van der Waals surface area (Å²) in [5.41, 5.74) is 0.621. The number of nitrogens with zero attached hydrogens (tertiary/aromatic N) is 5. The molecule has 25 heavy (non-hydrogen) atoms. The number of rotatable bonds is 2. The zero-order valence-electron chi connectivity index (χ0n) is 13.9. The van der Waals surface area contributed by atoms with Crippen molar-refractivity contribution >= 4 is 17.5 Å². The molecule has 0 spiro atoms. The first-order valence-corrected chi connectivity index (χ1v) is 8.29. The molecule has 1 fully saturated rings. The monoisotopic (exact) mass is 343 g/mol. The van der Waals surface area contributed by atoms with Gasteiger partial charge < -0.3 is 14.4 Å². The third-order valence-electron chi connectivity index (χ3n) is 4.89. The number of hydrogen-bond donors (Lipinski definition) is 0. The van der Waals surface area contributed by atoms with Gasteiger partial charge in [-0.3, -0.25) is 9.59 Å². The number of carbonyl (C=O) groups is 2. The summed E-state index contributed by atoms with van der Waals surface area (Å²) < 4.78 is 15.1. The van der Waals surface area contributed by atoms with Gasteiger partial charge in [-0.25, -0.2) is 4.39 Å². The molecule has 8 heteroatoms. The highest BCUT2D eigenvalue weighted by molar-refractivity contribution is 6.09. The number of aryl methyl sites for hydroxylation is 1. The SMILES string of the molecule is Cc1nnc2n1CCN(C(=O)[C@@H]1CCN(c3ccc(F)cc3)C1=O)C2. The first-order valence-electron chi connectivity index (χ1n) is 8.29. The molecule has 0 unspecified atom stereocenters. The highest BCUT2D eigenvalue weighted by Crippen LogP contribution is 2.27. The molecule has 130 valence electrons. The third-order valence-corrected chi connectivity index (χ3v) is 4.89. The number of aromatic nitrogens is 3. The first-order chi connectivity index (χ1) is 12.0. The highest BCUT2D eigenvalue weighted by Gasteiger charge is 2.40. The van der Waals surface area contributed by atoms with Crippen LogP contribution in [0.3, 0.4) is 0 Å². The second-order valence-corrected chi connectivity index (χ2v) is 6.38. The number of hydrogen-bond acceptors (Lipinski definition) is 4. The summed E-state index contributed by atoms with van der Waals surface area (Å²) in [6.07, 6.45) is 0.470. The molecule has 0 radical (unpaired) electrons. The van der Waals surface area contributed by atoms with Crippen LogP contribution in [0.1, 0.15) is 18.1 Å². The van der Waals surface area contributed by atoms with E-state index >= 15 is 0 Å². The van der Waals surface area contributed by atoms with E-state index in [4.69, 9.17) is 0 Å². The van der Waals surface area contributed by atoms with E-state index in [0.29, 0.717) is 38.3 Å². The number of amides is 2. The van der Waals surface area contributed by atoms with Gasteiger partial charge in [-0.05, 0) is 37.6 Å². The summed E-state index contributed by atoms with van der Waals surface area (Å²) in [6.45, 7) is 3.91. The van der Waals surface area contributed by atoms with Crippen molar-refractivity contribution in [1.82, 2.24) is 19.7 Å². The topological polar surface area (TPSA) is 71.3 Å². The standard InChI is InChI=1S/C17H18FN5O2/c1-11-19-20-15-10-21(8-9-22(11)15)16(24)14-6-7-23(17(14)25)13-4-2-12(18)3-5-13/h2-5,14H,6-10H2,1H3/t14-/m0/s1. The Morgan fingerprint density at radius 3 is 2.68 bits per heavy atom. The van der Waals surface area contributed by atoms with E-state index in [9.17, 15) is 14.0 Å². The molecular weight excluding hydrogens is 325 g/mol. The maximum atomic E-state index is 13.1. The Bertz CT molecular complexity index is 832. The lowest BCUT2D eigenvalue weighted by Crippen LogP contribution is -2.44. The van der Waals surface area contributed by atoms with Gasteiger partial charge in [-0.15, -0.1) is 10.2 Å². The number of anilines is 1. The van der Waals surface area contributed by atoms with Gasteiger partial charge in [-0.1, -0.05) is 0 Å². The maximum absolute atomic E-state index is 13.1. The Balaban J connectivity index is 1.48. The van der Waals surface area contributed by atoms with Crippen molar-refractivity contribution in [2.45, 2.75) is 26.4 Å². The predicted molar refractivity (Wildman–Crippen MR) is 87.0 cm³/mol. The molecule has 7 nitrogen and oxygen atoms in total. The fraction of sp³-hybridized carbons (Fsp3) is 0.412. The van der Waals surface area contributed by atoms with Crippen molar-refractivity contribution in [2.75, 3.05) is 18.0 Å². The molecule has 2 amide bonds. The van der Waals surface area contributed by atoms with Crippen molar-refractivity contribution < 1.29 is 14.0 Å². The fourth-order valence-corrected chi connectivity index (χ4v) is 3.50. The maximum Gasteiger partial charge on any atom is 0.239 e. The minimum atomic E-state index is -0.680. The smallest absolute Gasteiger partial charge is 0.239 e. The lowest BCUT2D eigenvalue weighted by Gasteiger charge is -2.29. The van der Waals surface area contributed by atoms with E-state index < -0.39 is 5.92 Å². The minimum Gasteiger partial charge on any atom is -0.333 e. The van der Waals surface area contributed by atoms with Gasteiger partial charge in [0.05, 0.1) is 6.54 Å². The van der Waals surface area contributed by atoms with Crippen molar-refractivity contribution in [2.24, 2.45) is 5.92 Å². The second kappa shape index (κ2) is 5.94. The van der Waals surface area contributed by atoms with Crippen LogP contribution < -0.4 is 4.90 Å². The molecule has 2 aromatic rings. The van der Waals surface area contributed by atoms with Crippen molar-refractivity contribution in [3.63, 3.8) is 0 Å². The molecule has 1 aromatic carbocycles. The van der Waals surface area contributed by atoms with Crippen LogP contribution in [0.2, 0.25) is 0 Å². The predicted octanol–water partition coefficient (Wildman–Crippen LogP) is 1.12. The quantitative estimate of drug-likeness (QED) is 0.766. The molecule has 3 heterocycles. The number of halogens is 1. The van der Waals surface area contributed by atoms with E-state index in [1.54, 1.807) is 21.9 Å². The average Bonchev–Trinajstić information content (AvgIpc) is 3.18. The summed E-state index contributed by atoms with van der Waals surface area (Å²) in [4.78, 5) is 28.7. The van der Waals surface area contributed by atoms with Gasteiger partial charge in [-0.2, -0.15) is 0 Å². The zero-order chi connectivity index (χ0) is 17.6. The van der Waals surface area contributed by atoms with Crippen LogP contribution in [0.4, 0.5) is 10.1 Å². The largest absolute Gasteiger partial charge is 0.333 e. The molecule has 0 saturated carbocycles. The molecule has 4 rings (SSSR count). The summed E-state index contributed by atoms with van der Waals surface area (Å²) in [7, 11) is 0. The lowest BCUT2D eigenvalue weighted by atomic mass is 10.1. The number of carbonyl (C=O) groups excluding carboxylic acids is 2. The number of fused-ring (bicyclic) bond motifs is 1. The zero-order valence-corrected chi connectivity index (χ0v) is 13.9. The van der Waals surface area contributed by atoms with Crippen molar-refractivity contribution in [3.8, 4) is 0 Å². The third kappa shape index (κ3) is 2.67. The molecule has 0 aliphatic carbocycles. The highest BCUT2D eigenvalue weighted by atomic mass is 19.1. The van der Waals surface area contributed by atoms with Crippen molar-refractivity contribution in [3.05, 3.63) is 41.7 Å². The molecule has 1 aromatic heterocycles. The Morgan fingerprint density at radius 2 is 1.92 bits per heavy atom. The van der Waals surface area contributed by atoms with Crippen LogP contribution >= 0.6 is 0 Å². The van der Waals surface area contributed by atoms with E-state index in [1.165, 1.54) is 12.1 Å². The van der Waals surface area contributed by atoms with Gasteiger partial charge in [0.15, 0.2) is 5.82 Å². The molecule has 0 N–H and O–H groups in total. The summed E-state index contributed by atoms with van der Waals surface area (Å²) in [5, 5.41) is 8.13. The summed E-state index contributed by atoms with van der Waals surface area (Å²) >= 11 is 0. The molecule has 0 bridgehead atoms. The van der Waals surface area contributed by atoms with E-state index in [1.807, 2.05) is 11.5 Å². The van der Waals surface area contributed by atoms with Gasteiger partial charge in [0.2, 0.25) is 11.8 Å². The average molecular weight is 343 g/mol. The van der Waals surface area contributed by atoms with E-state index in [0.717, 1.165) is 11.6 Å². The van der Waals surface area contributed by atoms with Crippen LogP contribution in [0.5, 0.6) is 0 Å². The number of benzene rings is 1. The Hall–Kier alpha value is -2.77. The molecule has 2 aliphatic rings. The van der Waals surface area contributed by atoms with Crippen LogP contribution in [0.15, 0.2) is 24.3 Å². The fourth-order valence-electron chi connectivity index (χ4n) is 3.50. The molecular formula is C17H18FN5O2. The van der Waals surface area contributed by atoms with Crippen LogP contribution in [0, 0.1) is 18.7 Å². The van der Waals surface area contributed by atoms with Crippen LogP contribution in [-0.4, -0.2) is 44.6 Å². The van der Waals surface area contributed by atoms with E-state index in [2.05, 4.69) is 10.2 Å². The second-order valence-electron chi connectivity index (χ2n) is 6.38. The Morgan fingerprint density at radius 1 is 1.16 bits per heavy atom. The Kier molecular flexibility index (Phi) is 3.74. The molecule has 1 saturated heterocycles. The first kappa shape index (κ1) is 15.7. The molecule has 1 atom stereocenters. The van der Waals surface area contributed by atoms with Gasteiger partial charge in [0, 0.05) is 25.3 Å². The van der Waals surface area contributed by atoms with Crippen LogP contribution in [0.25, 0.3) is 0 Å². The lowest BCUT2D eigenvalue weighted by molar-refractivity contribution is -0.141. The van der Waals surface area contributed by atoms with Gasteiger partial charge >= 0.3 is 0 Å². The normalized spacial score (nSPS) is 20.1. The molecule has 2 aliphatic heterocycles. The van der Waals surface area contributed by atoms with Gasteiger partial charge in [0.1, 0.15) is 17.6 Å². The van der Waals surface area contributed by atoms with Crippen LogP contribution in [-0.2, 0) is 22.7 Å².